The average molecular weight is 393 g/mol. The van der Waals surface area contributed by atoms with E-state index in [0.29, 0.717) is 23.7 Å². The van der Waals surface area contributed by atoms with E-state index < -0.39 is 0 Å². The Morgan fingerprint density at radius 1 is 0.690 bits per heavy atom. The van der Waals surface area contributed by atoms with Gasteiger partial charge in [-0.2, -0.15) is 0 Å². The molecule has 158 valence electrons. The van der Waals surface area contributed by atoms with E-state index in [1.165, 1.54) is 27.9 Å². The molecule has 0 unspecified atom stereocenters. The molecular formula is C27H40N2. The second-order valence-electron chi connectivity index (χ2n) is 9.42. The number of hydrogen-bond donors (Lipinski definition) is 1. The number of nitrogens with zero attached hydrogens (tertiary/aromatic N) is 1. The fourth-order valence-electron chi connectivity index (χ4n) is 3.84. The predicted octanol–water partition coefficient (Wildman–Crippen LogP) is 8.38. The molecule has 2 heteroatoms. The summed E-state index contributed by atoms with van der Waals surface area (Å²) in [4.78, 5) is 5.12. The van der Waals surface area contributed by atoms with Crippen LogP contribution in [0.25, 0.3) is 0 Å². The van der Waals surface area contributed by atoms with E-state index in [-0.39, 0.29) is 0 Å². The lowest BCUT2D eigenvalue weighted by Gasteiger charge is -2.21. The van der Waals surface area contributed by atoms with Crippen LogP contribution in [0.1, 0.15) is 108 Å². The Hall–Kier alpha value is -2.09. The van der Waals surface area contributed by atoms with Crippen molar-refractivity contribution in [3.8, 4) is 0 Å². The zero-order chi connectivity index (χ0) is 21.7. The monoisotopic (exact) mass is 392 g/mol. The Balaban J connectivity index is 2.38. The first-order chi connectivity index (χ1) is 13.6. The van der Waals surface area contributed by atoms with Gasteiger partial charge in [-0.05, 0) is 52.8 Å². The first-order valence-corrected chi connectivity index (χ1v) is 11.2. The van der Waals surface area contributed by atoms with E-state index in [2.05, 4.69) is 104 Å². The van der Waals surface area contributed by atoms with Gasteiger partial charge in [-0.1, -0.05) is 91.8 Å². The van der Waals surface area contributed by atoms with Crippen LogP contribution in [0.5, 0.6) is 0 Å². The van der Waals surface area contributed by atoms with Crippen LogP contribution in [-0.2, 0) is 0 Å². The molecular weight excluding hydrogens is 352 g/mol. The summed E-state index contributed by atoms with van der Waals surface area (Å²) in [5.41, 5.74) is 9.01. The van der Waals surface area contributed by atoms with Gasteiger partial charge in [0.25, 0.3) is 0 Å². The second kappa shape index (κ2) is 10.1. The molecule has 0 bridgehead atoms. The van der Waals surface area contributed by atoms with Gasteiger partial charge in [0.05, 0.1) is 12.2 Å². The summed E-state index contributed by atoms with van der Waals surface area (Å²) in [5.74, 6) is 1.90. The summed E-state index contributed by atoms with van der Waals surface area (Å²) in [6.07, 6.45) is 0. The van der Waals surface area contributed by atoms with Crippen molar-refractivity contribution in [1.82, 2.24) is 0 Å². The lowest BCUT2D eigenvalue weighted by molar-refractivity contribution is 0.833. The van der Waals surface area contributed by atoms with Crippen LogP contribution < -0.4 is 5.32 Å². The lowest BCUT2D eigenvalue weighted by Crippen LogP contribution is -2.14. The zero-order valence-corrected chi connectivity index (χ0v) is 19.9. The highest BCUT2D eigenvalue weighted by Gasteiger charge is 2.15. The van der Waals surface area contributed by atoms with Crippen molar-refractivity contribution in [2.75, 3.05) is 11.9 Å². The topological polar surface area (TPSA) is 24.4 Å². The number of para-hydroxylation sites is 2. The quantitative estimate of drug-likeness (QED) is 0.448. The van der Waals surface area contributed by atoms with Crippen LogP contribution in [0.2, 0.25) is 0 Å². The van der Waals surface area contributed by atoms with Crippen molar-refractivity contribution < 1.29 is 0 Å². The highest BCUT2D eigenvalue weighted by Crippen LogP contribution is 2.35. The molecule has 0 heterocycles. The molecule has 1 N–H and O–H groups in total. The molecule has 2 rings (SSSR count). The SMILES string of the molecule is CC(CNc1c(C(C)C)cccc1C(C)C)=Nc1c(C(C)C)cccc1C(C)C. The van der Waals surface area contributed by atoms with Crippen LogP contribution in [0, 0.1) is 0 Å². The van der Waals surface area contributed by atoms with E-state index in [9.17, 15) is 0 Å². The number of aliphatic imine (C=N–C) groups is 1. The number of rotatable bonds is 8. The first-order valence-electron chi connectivity index (χ1n) is 11.2. The van der Waals surface area contributed by atoms with Gasteiger partial charge < -0.3 is 5.32 Å². The van der Waals surface area contributed by atoms with Crippen molar-refractivity contribution >= 4 is 17.1 Å². The van der Waals surface area contributed by atoms with E-state index in [1.807, 2.05) is 0 Å². The Kier molecular flexibility index (Phi) is 8.07. The number of nitrogens with one attached hydrogen (secondary N) is 1. The van der Waals surface area contributed by atoms with Gasteiger partial charge in [0.15, 0.2) is 0 Å². The molecule has 0 spiro atoms. The summed E-state index contributed by atoms with van der Waals surface area (Å²) in [6.45, 7) is 20.9. The van der Waals surface area contributed by atoms with Gasteiger partial charge in [-0.15, -0.1) is 0 Å². The van der Waals surface area contributed by atoms with Gasteiger partial charge in [-0.3, -0.25) is 4.99 Å². The maximum Gasteiger partial charge on any atom is 0.0698 e. The Bertz CT molecular complexity index is 789. The van der Waals surface area contributed by atoms with Gasteiger partial charge >= 0.3 is 0 Å². The Labute approximate surface area is 178 Å². The number of hydrogen-bond acceptors (Lipinski definition) is 2. The van der Waals surface area contributed by atoms with Gasteiger partial charge in [0.2, 0.25) is 0 Å². The molecule has 29 heavy (non-hydrogen) atoms. The first kappa shape index (κ1) is 23.2. The molecule has 0 atom stereocenters. The van der Waals surface area contributed by atoms with E-state index >= 15 is 0 Å². The summed E-state index contributed by atoms with van der Waals surface area (Å²) in [7, 11) is 0. The third-order valence-corrected chi connectivity index (χ3v) is 5.54. The van der Waals surface area contributed by atoms with Crippen molar-refractivity contribution in [3.05, 3.63) is 58.7 Å². The molecule has 0 fully saturated rings. The molecule has 0 amide bonds. The minimum Gasteiger partial charge on any atom is -0.379 e. The summed E-state index contributed by atoms with van der Waals surface area (Å²) in [5, 5.41) is 3.73. The van der Waals surface area contributed by atoms with E-state index in [4.69, 9.17) is 4.99 Å². The van der Waals surface area contributed by atoms with Gasteiger partial charge in [-0.25, -0.2) is 0 Å². The molecule has 0 aromatic heterocycles. The minimum atomic E-state index is 0.461. The van der Waals surface area contributed by atoms with Crippen LogP contribution in [0.3, 0.4) is 0 Å². The van der Waals surface area contributed by atoms with E-state index in [0.717, 1.165) is 17.9 Å². The maximum atomic E-state index is 5.12. The van der Waals surface area contributed by atoms with Crippen LogP contribution in [-0.4, -0.2) is 12.3 Å². The molecule has 0 saturated heterocycles. The fraction of sp³-hybridized carbons (Fsp3) is 0.519. The number of anilines is 1. The van der Waals surface area contributed by atoms with Crippen LogP contribution in [0.4, 0.5) is 11.4 Å². The highest BCUT2D eigenvalue weighted by atomic mass is 14.9. The van der Waals surface area contributed by atoms with Crippen molar-refractivity contribution in [2.24, 2.45) is 4.99 Å². The normalized spacial score (nSPS) is 12.5. The molecule has 0 aliphatic carbocycles. The largest absolute Gasteiger partial charge is 0.379 e. The molecule has 0 saturated carbocycles. The Morgan fingerprint density at radius 3 is 1.45 bits per heavy atom. The van der Waals surface area contributed by atoms with E-state index in [1.54, 1.807) is 0 Å². The average Bonchev–Trinajstić information content (AvgIpc) is 2.65. The summed E-state index contributed by atoms with van der Waals surface area (Å²) >= 11 is 0. The van der Waals surface area contributed by atoms with Crippen LogP contribution >= 0.6 is 0 Å². The molecule has 0 aliphatic heterocycles. The third-order valence-electron chi connectivity index (χ3n) is 5.54. The minimum absolute atomic E-state index is 0.461. The predicted molar refractivity (Wildman–Crippen MR) is 130 cm³/mol. The smallest absolute Gasteiger partial charge is 0.0698 e. The maximum absolute atomic E-state index is 5.12. The van der Waals surface area contributed by atoms with Crippen molar-refractivity contribution in [3.63, 3.8) is 0 Å². The van der Waals surface area contributed by atoms with Crippen LogP contribution in [0.15, 0.2) is 41.4 Å². The zero-order valence-electron chi connectivity index (χ0n) is 19.9. The molecule has 0 radical (unpaired) electrons. The summed E-state index contributed by atoms with van der Waals surface area (Å²) in [6, 6.07) is 13.3. The molecule has 2 nitrogen and oxygen atoms in total. The number of benzene rings is 2. The van der Waals surface area contributed by atoms with Crippen molar-refractivity contribution in [2.45, 2.75) is 86.0 Å². The van der Waals surface area contributed by atoms with Gasteiger partial charge in [0, 0.05) is 11.4 Å². The standard InChI is InChI=1S/C27H40N2/c1-17(2)22-12-10-13-23(18(3)4)26(22)28-16-21(9)29-27-24(19(5)6)14-11-15-25(27)20(7)8/h10-15,17-20,28H,16H2,1-9H3. The molecule has 0 aliphatic rings. The summed E-state index contributed by atoms with van der Waals surface area (Å²) < 4.78 is 0. The third kappa shape index (κ3) is 5.72. The van der Waals surface area contributed by atoms with Crippen molar-refractivity contribution in [1.29, 1.82) is 0 Å². The Morgan fingerprint density at radius 2 is 1.07 bits per heavy atom. The molecule has 2 aromatic rings. The lowest BCUT2D eigenvalue weighted by atomic mass is 9.92. The molecule has 2 aromatic carbocycles. The second-order valence-corrected chi connectivity index (χ2v) is 9.42. The highest BCUT2D eigenvalue weighted by molar-refractivity contribution is 5.89. The fourth-order valence-corrected chi connectivity index (χ4v) is 3.84. The van der Waals surface area contributed by atoms with Gasteiger partial charge in [0.1, 0.15) is 0 Å².